The molecule has 0 aromatic heterocycles. The van der Waals surface area contributed by atoms with Gasteiger partial charge in [0.25, 0.3) is 0 Å². The van der Waals surface area contributed by atoms with Crippen molar-refractivity contribution in [3.05, 3.63) is 23.8 Å². The summed E-state index contributed by atoms with van der Waals surface area (Å²) in [4.78, 5) is 2.11. The van der Waals surface area contributed by atoms with E-state index in [1.54, 1.807) is 6.07 Å². The highest BCUT2D eigenvalue weighted by molar-refractivity contribution is 5.61. The average Bonchev–Trinajstić information content (AvgIpc) is 2.24. The largest absolute Gasteiger partial charge is 0.506 e. The normalized spacial score (nSPS) is 9.27. The molecule has 0 spiro atoms. The molecule has 0 saturated heterocycles. The molecule has 0 aliphatic carbocycles. The van der Waals surface area contributed by atoms with Crippen LogP contribution < -0.4 is 4.90 Å². The fourth-order valence-electron chi connectivity index (χ4n) is 1.56. The molecule has 2 nitrogen and oxygen atoms in total. The zero-order chi connectivity index (χ0) is 11.3. The quantitative estimate of drug-likeness (QED) is 0.763. The van der Waals surface area contributed by atoms with E-state index in [9.17, 15) is 5.11 Å². The van der Waals surface area contributed by atoms with Gasteiger partial charge in [0.1, 0.15) is 5.75 Å². The van der Waals surface area contributed by atoms with Crippen molar-refractivity contribution in [2.24, 2.45) is 0 Å². The number of hydrogen-bond donors (Lipinski definition) is 1. The maximum Gasteiger partial charge on any atom is 0.138 e. The van der Waals surface area contributed by atoms with Gasteiger partial charge in [0, 0.05) is 18.7 Å². The first-order chi connectivity index (χ1) is 7.22. The Labute approximate surface area is 91.5 Å². The van der Waals surface area contributed by atoms with Gasteiger partial charge in [-0.2, -0.15) is 0 Å². The van der Waals surface area contributed by atoms with Gasteiger partial charge in [0.2, 0.25) is 0 Å². The summed E-state index contributed by atoms with van der Waals surface area (Å²) in [5.74, 6) is 6.17. The van der Waals surface area contributed by atoms with Crippen molar-refractivity contribution in [2.45, 2.75) is 20.8 Å². The summed E-state index contributed by atoms with van der Waals surface area (Å²) in [6, 6.07) is 5.46. The Balaban J connectivity index is 3.12. The van der Waals surface area contributed by atoms with Crippen molar-refractivity contribution in [1.82, 2.24) is 0 Å². The first-order valence-electron chi connectivity index (χ1n) is 5.23. The number of benzene rings is 1. The third-order valence-electron chi connectivity index (χ3n) is 2.35. The summed E-state index contributed by atoms with van der Waals surface area (Å²) in [5, 5.41) is 9.75. The van der Waals surface area contributed by atoms with Crippen molar-refractivity contribution in [1.29, 1.82) is 0 Å². The van der Waals surface area contributed by atoms with E-state index in [0.29, 0.717) is 5.75 Å². The standard InChI is InChI=1S/C13H17NO/c1-4-7-11-8-9-13(15)12(10-11)14(5-2)6-3/h8-10,15H,5-6H2,1-3H3. The van der Waals surface area contributed by atoms with Gasteiger partial charge in [-0.15, -0.1) is 5.92 Å². The van der Waals surface area contributed by atoms with Crippen LogP contribution >= 0.6 is 0 Å². The Bertz CT molecular complexity index is 383. The number of phenols is 1. The number of anilines is 1. The monoisotopic (exact) mass is 203 g/mol. The van der Waals surface area contributed by atoms with E-state index < -0.39 is 0 Å². The van der Waals surface area contributed by atoms with Crippen LogP contribution in [0.25, 0.3) is 0 Å². The predicted octanol–water partition coefficient (Wildman–Crippen LogP) is 2.61. The van der Waals surface area contributed by atoms with Crippen molar-refractivity contribution in [3.63, 3.8) is 0 Å². The van der Waals surface area contributed by atoms with Gasteiger partial charge < -0.3 is 10.0 Å². The zero-order valence-corrected chi connectivity index (χ0v) is 9.54. The van der Waals surface area contributed by atoms with E-state index >= 15 is 0 Å². The molecule has 2 heteroatoms. The Kier molecular flexibility index (Phi) is 4.05. The number of rotatable bonds is 3. The smallest absolute Gasteiger partial charge is 0.138 e. The van der Waals surface area contributed by atoms with Crippen LogP contribution in [0, 0.1) is 11.8 Å². The Hall–Kier alpha value is -1.62. The van der Waals surface area contributed by atoms with E-state index in [4.69, 9.17) is 0 Å². The molecule has 80 valence electrons. The van der Waals surface area contributed by atoms with Crippen molar-refractivity contribution >= 4 is 5.69 Å². The summed E-state index contributed by atoms with van der Waals surface area (Å²) in [5.41, 5.74) is 1.80. The van der Waals surface area contributed by atoms with E-state index in [-0.39, 0.29) is 0 Å². The van der Waals surface area contributed by atoms with E-state index in [0.717, 1.165) is 24.3 Å². The topological polar surface area (TPSA) is 23.5 Å². The lowest BCUT2D eigenvalue weighted by atomic mass is 10.1. The number of aromatic hydroxyl groups is 1. The van der Waals surface area contributed by atoms with Crippen molar-refractivity contribution in [3.8, 4) is 17.6 Å². The summed E-state index contributed by atoms with van der Waals surface area (Å²) in [6.07, 6.45) is 0. The minimum Gasteiger partial charge on any atom is -0.506 e. The van der Waals surface area contributed by atoms with Crippen LogP contribution in [0.1, 0.15) is 26.3 Å². The molecule has 0 fully saturated rings. The van der Waals surface area contributed by atoms with Gasteiger partial charge in [0.05, 0.1) is 5.69 Å². The van der Waals surface area contributed by atoms with E-state index in [1.807, 2.05) is 19.1 Å². The molecule has 15 heavy (non-hydrogen) atoms. The third-order valence-corrected chi connectivity index (χ3v) is 2.35. The average molecular weight is 203 g/mol. The van der Waals surface area contributed by atoms with Crippen LogP contribution in [0.2, 0.25) is 0 Å². The van der Waals surface area contributed by atoms with Crippen LogP contribution in [0.15, 0.2) is 18.2 Å². The highest BCUT2D eigenvalue weighted by Crippen LogP contribution is 2.27. The summed E-state index contributed by atoms with van der Waals surface area (Å²) in [6.45, 7) is 7.71. The van der Waals surface area contributed by atoms with Gasteiger partial charge in [-0.25, -0.2) is 0 Å². The minimum absolute atomic E-state index is 0.320. The number of hydrogen-bond acceptors (Lipinski definition) is 2. The first kappa shape index (κ1) is 11.5. The highest BCUT2D eigenvalue weighted by Gasteiger charge is 2.07. The molecule has 1 aromatic carbocycles. The lowest BCUT2D eigenvalue weighted by Crippen LogP contribution is -2.21. The summed E-state index contributed by atoms with van der Waals surface area (Å²) >= 11 is 0. The van der Waals surface area contributed by atoms with E-state index in [1.165, 1.54) is 0 Å². The second kappa shape index (κ2) is 5.31. The Morgan fingerprint density at radius 2 is 1.93 bits per heavy atom. The highest BCUT2D eigenvalue weighted by atomic mass is 16.3. The second-order valence-electron chi connectivity index (χ2n) is 3.25. The third kappa shape index (κ3) is 2.66. The Morgan fingerprint density at radius 3 is 2.47 bits per heavy atom. The molecule has 0 saturated carbocycles. The van der Waals surface area contributed by atoms with E-state index in [2.05, 4.69) is 30.6 Å². The number of phenolic OH excluding ortho intramolecular Hbond substituents is 1. The second-order valence-corrected chi connectivity index (χ2v) is 3.25. The SMILES string of the molecule is CC#Cc1ccc(O)c(N(CC)CC)c1. The molecule has 1 N–H and O–H groups in total. The van der Waals surface area contributed by atoms with Crippen LogP contribution in [-0.2, 0) is 0 Å². The van der Waals surface area contributed by atoms with Gasteiger partial charge in [-0.05, 0) is 39.0 Å². The molecule has 0 heterocycles. The van der Waals surface area contributed by atoms with Crippen molar-refractivity contribution in [2.75, 3.05) is 18.0 Å². The molecule has 0 aliphatic rings. The van der Waals surface area contributed by atoms with Gasteiger partial charge in [-0.3, -0.25) is 0 Å². The van der Waals surface area contributed by atoms with Gasteiger partial charge in [0.15, 0.2) is 0 Å². The zero-order valence-electron chi connectivity index (χ0n) is 9.54. The molecular weight excluding hydrogens is 186 g/mol. The molecular formula is C13H17NO. The molecule has 0 unspecified atom stereocenters. The first-order valence-corrected chi connectivity index (χ1v) is 5.23. The maximum atomic E-state index is 9.75. The molecule has 1 rings (SSSR count). The van der Waals surface area contributed by atoms with Crippen LogP contribution in [0.5, 0.6) is 5.75 Å². The lowest BCUT2D eigenvalue weighted by molar-refractivity contribution is 0.474. The molecule has 0 aliphatic heterocycles. The minimum atomic E-state index is 0.320. The summed E-state index contributed by atoms with van der Waals surface area (Å²) in [7, 11) is 0. The molecule has 0 bridgehead atoms. The molecule has 0 radical (unpaired) electrons. The molecule has 0 amide bonds. The number of nitrogens with zero attached hydrogens (tertiary/aromatic N) is 1. The lowest BCUT2D eigenvalue weighted by Gasteiger charge is -2.22. The molecule has 0 atom stereocenters. The maximum absolute atomic E-state index is 9.75. The van der Waals surface area contributed by atoms with Crippen LogP contribution in [-0.4, -0.2) is 18.2 Å². The fraction of sp³-hybridized carbons (Fsp3) is 0.385. The predicted molar refractivity (Wildman–Crippen MR) is 64.2 cm³/mol. The van der Waals surface area contributed by atoms with Crippen molar-refractivity contribution < 1.29 is 5.11 Å². The summed E-state index contributed by atoms with van der Waals surface area (Å²) < 4.78 is 0. The Morgan fingerprint density at radius 1 is 1.27 bits per heavy atom. The van der Waals surface area contributed by atoms with Crippen LogP contribution in [0.4, 0.5) is 5.69 Å². The fourth-order valence-corrected chi connectivity index (χ4v) is 1.56. The molecule has 1 aromatic rings. The van der Waals surface area contributed by atoms with Gasteiger partial charge >= 0.3 is 0 Å². The van der Waals surface area contributed by atoms with Gasteiger partial charge in [-0.1, -0.05) is 5.92 Å². The van der Waals surface area contributed by atoms with Crippen LogP contribution in [0.3, 0.4) is 0 Å².